The summed E-state index contributed by atoms with van der Waals surface area (Å²) in [6.07, 6.45) is -0.341. The van der Waals surface area contributed by atoms with Gasteiger partial charge in [-0.05, 0) is 31.2 Å². The van der Waals surface area contributed by atoms with Crippen LogP contribution >= 0.6 is 11.8 Å². The Balaban J connectivity index is 1.60. The fraction of sp³-hybridized carbons (Fsp3) is 0.318. The first kappa shape index (κ1) is 23.3. The molecule has 1 atom stereocenters. The standard InChI is InChI=1S/C22H26N4O5S/c1-14(31-17-8-6-7-15(11-17)28-3)21-24-25-22(26(21)2)32-13-20(27)23-18-10-9-16(29-4)12-19(18)30-5/h6-12,14H,13H2,1-5H3,(H,23,27). The highest BCUT2D eigenvalue weighted by molar-refractivity contribution is 7.99. The van der Waals surface area contributed by atoms with Gasteiger partial charge in [0.1, 0.15) is 23.0 Å². The number of thioether (sulfide) groups is 1. The van der Waals surface area contributed by atoms with Crippen molar-refractivity contribution >= 4 is 23.4 Å². The Bertz CT molecular complexity index is 1070. The van der Waals surface area contributed by atoms with Crippen LogP contribution in [0.15, 0.2) is 47.6 Å². The number of ether oxygens (including phenoxy) is 4. The maximum Gasteiger partial charge on any atom is 0.234 e. The largest absolute Gasteiger partial charge is 0.497 e. The number of carbonyl (C=O) groups excluding carboxylic acids is 1. The van der Waals surface area contributed by atoms with E-state index in [2.05, 4.69) is 15.5 Å². The first-order valence-corrected chi connectivity index (χ1v) is 10.8. The predicted octanol–water partition coefficient (Wildman–Crippen LogP) is 3.71. The van der Waals surface area contributed by atoms with E-state index in [1.54, 1.807) is 38.5 Å². The summed E-state index contributed by atoms with van der Waals surface area (Å²) in [4.78, 5) is 12.4. The summed E-state index contributed by atoms with van der Waals surface area (Å²) in [7, 11) is 6.56. The summed E-state index contributed by atoms with van der Waals surface area (Å²) in [6, 6.07) is 12.6. The number of amides is 1. The third-order valence-corrected chi connectivity index (χ3v) is 5.62. The van der Waals surface area contributed by atoms with E-state index in [0.29, 0.717) is 39.7 Å². The molecule has 10 heteroatoms. The number of nitrogens with one attached hydrogen (secondary N) is 1. The van der Waals surface area contributed by atoms with Crippen molar-refractivity contribution in [3.05, 3.63) is 48.3 Å². The number of carbonyl (C=O) groups is 1. The molecule has 2 aromatic carbocycles. The topological polar surface area (TPSA) is 96.7 Å². The van der Waals surface area contributed by atoms with Gasteiger partial charge in [0.2, 0.25) is 5.91 Å². The van der Waals surface area contributed by atoms with Crippen molar-refractivity contribution in [2.24, 2.45) is 7.05 Å². The smallest absolute Gasteiger partial charge is 0.234 e. The van der Waals surface area contributed by atoms with Crippen LogP contribution in [0.4, 0.5) is 5.69 Å². The molecule has 1 N–H and O–H groups in total. The lowest BCUT2D eigenvalue weighted by atomic mass is 10.2. The third kappa shape index (κ3) is 5.64. The maximum absolute atomic E-state index is 12.4. The van der Waals surface area contributed by atoms with Crippen LogP contribution in [-0.4, -0.2) is 47.8 Å². The third-order valence-electron chi connectivity index (χ3n) is 4.60. The lowest BCUT2D eigenvalue weighted by molar-refractivity contribution is -0.113. The van der Waals surface area contributed by atoms with Gasteiger partial charge >= 0.3 is 0 Å². The van der Waals surface area contributed by atoms with Gasteiger partial charge in [-0.1, -0.05) is 17.8 Å². The number of rotatable bonds is 10. The normalized spacial score (nSPS) is 11.5. The molecule has 0 bridgehead atoms. The monoisotopic (exact) mass is 458 g/mol. The van der Waals surface area contributed by atoms with Gasteiger partial charge in [-0.3, -0.25) is 4.79 Å². The van der Waals surface area contributed by atoms with E-state index in [1.807, 2.05) is 36.7 Å². The van der Waals surface area contributed by atoms with Crippen molar-refractivity contribution in [2.45, 2.75) is 18.2 Å². The fourth-order valence-electron chi connectivity index (χ4n) is 2.96. The van der Waals surface area contributed by atoms with Crippen LogP contribution in [0.1, 0.15) is 18.9 Å². The minimum atomic E-state index is -0.341. The molecule has 1 unspecified atom stereocenters. The molecule has 3 rings (SSSR count). The Labute approximate surface area is 191 Å². The fourth-order valence-corrected chi connectivity index (χ4v) is 3.67. The Hall–Kier alpha value is -3.40. The molecule has 1 amide bonds. The van der Waals surface area contributed by atoms with Crippen LogP contribution in [0, 0.1) is 0 Å². The Morgan fingerprint density at radius 2 is 1.75 bits per heavy atom. The van der Waals surface area contributed by atoms with Crippen LogP contribution < -0.4 is 24.3 Å². The molecule has 32 heavy (non-hydrogen) atoms. The molecule has 0 aliphatic rings. The highest BCUT2D eigenvalue weighted by Gasteiger charge is 2.18. The zero-order valence-corrected chi connectivity index (χ0v) is 19.4. The summed E-state index contributed by atoms with van der Waals surface area (Å²) >= 11 is 1.28. The molecule has 3 aromatic rings. The van der Waals surface area contributed by atoms with Crippen LogP contribution in [0.3, 0.4) is 0 Å². The lowest BCUT2D eigenvalue weighted by Gasteiger charge is -2.15. The van der Waals surface area contributed by atoms with Gasteiger partial charge in [-0.25, -0.2) is 0 Å². The van der Waals surface area contributed by atoms with Crippen LogP contribution in [0.25, 0.3) is 0 Å². The number of anilines is 1. The van der Waals surface area contributed by atoms with Crippen molar-refractivity contribution in [3.63, 3.8) is 0 Å². The Morgan fingerprint density at radius 1 is 1.03 bits per heavy atom. The first-order chi connectivity index (χ1) is 15.4. The lowest BCUT2D eigenvalue weighted by Crippen LogP contribution is -2.15. The highest BCUT2D eigenvalue weighted by atomic mass is 32.2. The van der Waals surface area contributed by atoms with Crippen molar-refractivity contribution in [1.82, 2.24) is 14.8 Å². The number of hydrogen-bond acceptors (Lipinski definition) is 8. The molecule has 1 heterocycles. The van der Waals surface area contributed by atoms with E-state index in [0.717, 1.165) is 0 Å². The van der Waals surface area contributed by atoms with E-state index in [1.165, 1.54) is 18.9 Å². The molecule has 0 aliphatic carbocycles. The number of nitrogens with zero attached hydrogens (tertiary/aromatic N) is 3. The SMILES string of the molecule is COc1cccc(OC(C)c2nnc(SCC(=O)Nc3ccc(OC)cc3OC)n2C)c1. The van der Waals surface area contributed by atoms with Gasteiger partial charge in [-0.15, -0.1) is 10.2 Å². The van der Waals surface area contributed by atoms with E-state index < -0.39 is 0 Å². The molecule has 0 spiro atoms. The Kier molecular flexibility index (Phi) is 7.82. The minimum Gasteiger partial charge on any atom is -0.497 e. The van der Waals surface area contributed by atoms with Gasteiger partial charge in [0.15, 0.2) is 17.1 Å². The number of hydrogen-bond donors (Lipinski definition) is 1. The van der Waals surface area contributed by atoms with Crippen LogP contribution in [-0.2, 0) is 11.8 Å². The predicted molar refractivity (Wildman–Crippen MR) is 122 cm³/mol. The van der Waals surface area contributed by atoms with E-state index >= 15 is 0 Å². The van der Waals surface area contributed by atoms with Gasteiger partial charge in [0.25, 0.3) is 0 Å². The van der Waals surface area contributed by atoms with E-state index in [4.69, 9.17) is 18.9 Å². The summed E-state index contributed by atoms with van der Waals surface area (Å²) < 4.78 is 23.5. The Morgan fingerprint density at radius 3 is 2.47 bits per heavy atom. The number of benzene rings is 2. The van der Waals surface area contributed by atoms with Crippen LogP contribution in [0.5, 0.6) is 23.0 Å². The summed E-state index contributed by atoms with van der Waals surface area (Å²) in [5, 5.41) is 11.9. The van der Waals surface area contributed by atoms with Gasteiger partial charge in [0.05, 0.1) is 32.8 Å². The molecule has 0 aliphatic heterocycles. The molecule has 1 aromatic heterocycles. The molecule has 0 saturated heterocycles. The summed E-state index contributed by atoms with van der Waals surface area (Å²) in [6.45, 7) is 1.89. The molecular formula is C22H26N4O5S. The summed E-state index contributed by atoms with van der Waals surface area (Å²) in [5.74, 6) is 3.16. The van der Waals surface area contributed by atoms with Crippen molar-refractivity contribution in [1.29, 1.82) is 0 Å². The maximum atomic E-state index is 12.4. The van der Waals surface area contributed by atoms with Crippen molar-refractivity contribution in [2.75, 3.05) is 32.4 Å². The number of aromatic nitrogens is 3. The van der Waals surface area contributed by atoms with Crippen LogP contribution in [0.2, 0.25) is 0 Å². The molecule has 0 fully saturated rings. The van der Waals surface area contributed by atoms with E-state index in [-0.39, 0.29) is 17.8 Å². The second-order valence-electron chi connectivity index (χ2n) is 6.74. The average Bonchev–Trinajstić information content (AvgIpc) is 3.18. The molecule has 170 valence electrons. The second-order valence-corrected chi connectivity index (χ2v) is 7.68. The van der Waals surface area contributed by atoms with Crippen molar-refractivity contribution < 1.29 is 23.7 Å². The quantitative estimate of drug-likeness (QED) is 0.459. The van der Waals surface area contributed by atoms with E-state index in [9.17, 15) is 4.79 Å². The zero-order valence-electron chi connectivity index (χ0n) is 18.6. The average molecular weight is 459 g/mol. The molecule has 0 radical (unpaired) electrons. The molecule has 9 nitrogen and oxygen atoms in total. The minimum absolute atomic E-state index is 0.159. The summed E-state index contributed by atoms with van der Waals surface area (Å²) in [5.41, 5.74) is 0.567. The molecule has 0 saturated carbocycles. The highest BCUT2D eigenvalue weighted by Crippen LogP contribution is 2.30. The molecular weight excluding hydrogens is 432 g/mol. The number of methoxy groups -OCH3 is 3. The van der Waals surface area contributed by atoms with Gasteiger partial charge in [-0.2, -0.15) is 0 Å². The van der Waals surface area contributed by atoms with Gasteiger partial charge in [0, 0.05) is 19.2 Å². The zero-order chi connectivity index (χ0) is 23.1. The van der Waals surface area contributed by atoms with Gasteiger partial charge < -0.3 is 28.8 Å². The first-order valence-electron chi connectivity index (χ1n) is 9.79. The van der Waals surface area contributed by atoms with Crippen molar-refractivity contribution in [3.8, 4) is 23.0 Å². The second kappa shape index (κ2) is 10.8.